The van der Waals surface area contributed by atoms with Crippen molar-refractivity contribution in [2.24, 2.45) is 0 Å². The van der Waals surface area contributed by atoms with E-state index < -0.39 is 0 Å². The Morgan fingerprint density at radius 3 is 2.69 bits per heavy atom. The first-order chi connectivity index (χ1) is 14.0. The molecular weight excluding hydrogens is 412 g/mol. The number of likely N-dealkylation sites (tertiary alicyclic amines) is 1. The molecule has 1 atom stereocenters. The number of rotatable bonds is 6. The molecule has 1 aromatic rings. The van der Waals surface area contributed by atoms with Crippen LogP contribution in [0.1, 0.15) is 33.1 Å². The van der Waals surface area contributed by atoms with Crippen molar-refractivity contribution in [2.45, 2.75) is 44.3 Å². The van der Waals surface area contributed by atoms with Crippen LogP contribution in [0.5, 0.6) is 0 Å². The number of halogens is 1. The molecule has 0 aliphatic carbocycles. The second-order valence-corrected chi connectivity index (χ2v) is 8.76. The smallest absolute Gasteiger partial charge is 0.317 e. The van der Waals surface area contributed by atoms with Crippen LogP contribution in [0.4, 0.5) is 10.6 Å². The second kappa shape index (κ2) is 10.3. The molecule has 3 heterocycles. The lowest BCUT2D eigenvalue weighted by atomic mass is 10.2. The molecule has 160 valence electrons. The van der Waals surface area contributed by atoms with E-state index in [4.69, 9.17) is 11.6 Å². The number of amides is 3. The van der Waals surface area contributed by atoms with Crippen LogP contribution in [0, 0.1) is 0 Å². The quantitative estimate of drug-likeness (QED) is 0.415. The van der Waals surface area contributed by atoms with Crippen LogP contribution in [-0.4, -0.2) is 82.8 Å². The zero-order valence-corrected chi connectivity index (χ0v) is 18.6. The van der Waals surface area contributed by atoms with Crippen LogP contribution in [0.3, 0.4) is 0 Å². The van der Waals surface area contributed by atoms with Gasteiger partial charge in [0, 0.05) is 51.4 Å². The van der Waals surface area contributed by atoms with Gasteiger partial charge in [-0.05, 0) is 26.2 Å². The first-order valence-corrected chi connectivity index (χ1v) is 11.6. The summed E-state index contributed by atoms with van der Waals surface area (Å²) in [5.41, 5.74) is 0. The summed E-state index contributed by atoms with van der Waals surface area (Å²) in [4.78, 5) is 39.3. The Morgan fingerprint density at radius 2 is 2.00 bits per heavy atom. The van der Waals surface area contributed by atoms with Gasteiger partial charge in [0.15, 0.2) is 5.16 Å². The average Bonchev–Trinajstić information content (AvgIpc) is 3.24. The van der Waals surface area contributed by atoms with Gasteiger partial charge in [0.05, 0.1) is 5.75 Å². The number of carbonyl (C=O) groups excluding carboxylic acids is 2. The summed E-state index contributed by atoms with van der Waals surface area (Å²) >= 11 is 7.55. The van der Waals surface area contributed by atoms with E-state index >= 15 is 0 Å². The summed E-state index contributed by atoms with van der Waals surface area (Å²) in [6.45, 7) is 8.40. The molecule has 2 fully saturated rings. The Hall–Kier alpha value is -1.74. The van der Waals surface area contributed by atoms with Crippen LogP contribution in [0.25, 0.3) is 0 Å². The van der Waals surface area contributed by atoms with Crippen LogP contribution in [0.15, 0.2) is 11.2 Å². The third kappa shape index (κ3) is 5.88. The number of carbonyl (C=O) groups is 2. The van der Waals surface area contributed by atoms with Crippen molar-refractivity contribution < 1.29 is 9.59 Å². The number of nitrogens with one attached hydrogen (secondary N) is 1. The van der Waals surface area contributed by atoms with Crippen molar-refractivity contribution in [1.29, 1.82) is 0 Å². The fourth-order valence-corrected chi connectivity index (χ4v) is 4.58. The van der Waals surface area contributed by atoms with Crippen molar-refractivity contribution in [3.05, 3.63) is 11.2 Å². The molecule has 1 aromatic heterocycles. The molecule has 2 aliphatic heterocycles. The first kappa shape index (κ1) is 22.0. The Morgan fingerprint density at radius 1 is 1.24 bits per heavy atom. The van der Waals surface area contributed by atoms with Crippen LogP contribution >= 0.6 is 23.4 Å². The Labute approximate surface area is 181 Å². The van der Waals surface area contributed by atoms with Gasteiger partial charge in [0.25, 0.3) is 0 Å². The van der Waals surface area contributed by atoms with Gasteiger partial charge in [-0.3, -0.25) is 4.79 Å². The normalized spacial score (nSPS) is 19.6. The highest BCUT2D eigenvalue weighted by Gasteiger charge is 2.28. The van der Waals surface area contributed by atoms with E-state index in [1.54, 1.807) is 6.07 Å². The Kier molecular flexibility index (Phi) is 7.83. The number of anilines is 1. The number of thioether (sulfide) groups is 1. The maximum atomic E-state index is 12.3. The van der Waals surface area contributed by atoms with E-state index in [0.717, 1.165) is 38.2 Å². The largest absolute Gasteiger partial charge is 0.353 e. The number of nitrogens with zero attached hydrogens (tertiary/aromatic N) is 5. The lowest BCUT2D eigenvalue weighted by Gasteiger charge is -2.40. The molecule has 0 aromatic carbocycles. The molecule has 1 N–H and O–H groups in total. The molecule has 2 aliphatic rings. The number of aromatic nitrogens is 2. The van der Waals surface area contributed by atoms with E-state index in [1.807, 2.05) is 23.6 Å². The molecule has 3 rings (SSSR count). The highest BCUT2D eigenvalue weighted by molar-refractivity contribution is 7.99. The molecule has 29 heavy (non-hydrogen) atoms. The van der Waals surface area contributed by atoms with Gasteiger partial charge in [-0.25, -0.2) is 14.8 Å². The van der Waals surface area contributed by atoms with E-state index in [0.29, 0.717) is 42.2 Å². The minimum atomic E-state index is -0.0172. The minimum absolute atomic E-state index is 0.0172. The molecule has 10 heteroatoms. The summed E-state index contributed by atoms with van der Waals surface area (Å²) in [6.07, 6.45) is 3.07. The summed E-state index contributed by atoms with van der Waals surface area (Å²) in [5.74, 6) is 1.18. The van der Waals surface area contributed by atoms with Crippen molar-refractivity contribution in [3.63, 3.8) is 0 Å². The SMILES string of the molecule is CCCNC(=O)N1CCN(c2cc(Cl)nc(SCC(=O)N3CCCC3)n2)CC1C. The Balaban J connectivity index is 1.59. The van der Waals surface area contributed by atoms with Gasteiger partial charge in [-0.15, -0.1) is 0 Å². The summed E-state index contributed by atoms with van der Waals surface area (Å²) in [5, 5.41) is 3.81. The van der Waals surface area contributed by atoms with Gasteiger partial charge in [-0.1, -0.05) is 30.3 Å². The monoisotopic (exact) mass is 440 g/mol. The van der Waals surface area contributed by atoms with E-state index in [9.17, 15) is 9.59 Å². The maximum absolute atomic E-state index is 12.3. The topological polar surface area (TPSA) is 81.7 Å². The van der Waals surface area contributed by atoms with Gasteiger partial charge in [-0.2, -0.15) is 0 Å². The molecule has 3 amide bonds. The van der Waals surface area contributed by atoms with E-state index in [2.05, 4.69) is 20.2 Å². The lowest BCUT2D eigenvalue weighted by Crippen LogP contribution is -2.56. The van der Waals surface area contributed by atoms with Crippen molar-refractivity contribution in [2.75, 3.05) is 49.9 Å². The number of hydrogen-bond acceptors (Lipinski definition) is 6. The molecule has 0 saturated carbocycles. The lowest BCUT2D eigenvalue weighted by molar-refractivity contribution is -0.127. The zero-order chi connectivity index (χ0) is 20.8. The predicted molar refractivity (Wildman–Crippen MR) is 116 cm³/mol. The molecule has 0 bridgehead atoms. The van der Waals surface area contributed by atoms with Crippen LogP contribution in [-0.2, 0) is 4.79 Å². The van der Waals surface area contributed by atoms with Gasteiger partial charge in [0.2, 0.25) is 5.91 Å². The fraction of sp³-hybridized carbons (Fsp3) is 0.684. The summed E-state index contributed by atoms with van der Waals surface area (Å²) in [7, 11) is 0. The van der Waals surface area contributed by atoms with Gasteiger partial charge >= 0.3 is 6.03 Å². The van der Waals surface area contributed by atoms with E-state index in [-0.39, 0.29) is 18.0 Å². The number of piperazine rings is 1. The summed E-state index contributed by atoms with van der Waals surface area (Å²) < 4.78 is 0. The highest BCUT2D eigenvalue weighted by atomic mass is 35.5. The van der Waals surface area contributed by atoms with Crippen molar-refractivity contribution in [1.82, 2.24) is 25.1 Å². The summed E-state index contributed by atoms with van der Waals surface area (Å²) in [6, 6.07) is 1.78. The number of urea groups is 1. The molecule has 0 spiro atoms. The second-order valence-electron chi connectivity index (χ2n) is 7.43. The average molecular weight is 441 g/mol. The third-order valence-corrected chi connectivity index (χ3v) is 6.21. The van der Waals surface area contributed by atoms with Crippen molar-refractivity contribution >= 4 is 41.1 Å². The minimum Gasteiger partial charge on any atom is -0.353 e. The number of hydrogen-bond donors (Lipinski definition) is 1. The highest BCUT2D eigenvalue weighted by Crippen LogP contribution is 2.24. The Bertz CT molecular complexity index is 731. The maximum Gasteiger partial charge on any atom is 0.317 e. The standard InChI is InChI=1S/C19H29ClN6O2S/c1-3-6-21-19(28)26-10-9-25(12-14(26)2)16-11-15(20)22-18(23-16)29-13-17(27)24-7-4-5-8-24/h11,14H,3-10,12-13H2,1-2H3,(H,21,28). The first-order valence-electron chi connectivity index (χ1n) is 10.2. The zero-order valence-electron chi connectivity index (χ0n) is 17.1. The van der Waals surface area contributed by atoms with Crippen LogP contribution in [0.2, 0.25) is 5.15 Å². The fourth-order valence-electron chi connectivity index (χ4n) is 3.60. The third-order valence-electron chi connectivity index (χ3n) is 5.18. The van der Waals surface area contributed by atoms with Gasteiger partial charge in [0.1, 0.15) is 11.0 Å². The molecule has 8 nitrogen and oxygen atoms in total. The predicted octanol–water partition coefficient (Wildman–Crippen LogP) is 2.47. The van der Waals surface area contributed by atoms with E-state index in [1.165, 1.54) is 11.8 Å². The van der Waals surface area contributed by atoms with Crippen molar-refractivity contribution in [3.8, 4) is 0 Å². The van der Waals surface area contributed by atoms with Crippen LogP contribution < -0.4 is 10.2 Å². The molecule has 1 unspecified atom stereocenters. The van der Waals surface area contributed by atoms with Gasteiger partial charge < -0.3 is 20.0 Å². The molecule has 2 saturated heterocycles. The molecule has 0 radical (unpaired) electrons. The molecular formula is C19H29ClN6O2S.